The third kappa shape index (κ3) is 3.26. The van der Waals surface area contributed by atoms with E-state index in [1.165, 1.54) is 44.5 Å². The van der Waals surface area contributed by atoms with Crippen molar-refractivity contribution in [3.8, 4) is 6.07 Å². The lowest BCUT2D eigenvalue weighted by molar-refractivity contribution is 0.0602. The van der Waals surface area contributed by atoms with Gasteiger partial charge in [0.1, 0.15) is 0 Å². The van der Waals surface area contributed by atoms with E-state index in [-0.39, 0.29) is 11.2 Å². The molecule has 3 aromatic rings. The third-order valence-electron chi connectivity index (χ3n) is 9.23. The predicted molar refractivity (Wildman–Crippen MR) is 140 cm³/mol. The van der Waals surface area contributed by atoms with Crippen molar-refractivity contribution in [2.75, 3.05) is 44.3 Å². The van der Waals surface area contributed by atoms with Gasteiger partial charge in [-0.15, -0.1) is 0 Å². The maximum absolute atomic E-state index is 13.9. The van der Waals surface area contributed by atoms with Crippen molar-refractivity contribution in [3.05, 3.63) is 64.3 Å². The van der Waals surface area contributed by atoms with Crippen LogP contribution in [-0.2, 0) is 10.2 Å². The number of nitrogens with zero attached hydrogens (tertiary/aromatic N) is 3. The van der Waals surface area contributed by atoms with E-state index in [1.807, 2.05) is 18.2 Å². The summed E-state index contributed by atoms with van der Waals surface area (Å²) in [6.07, 6.45) is 6.80. The molecule has 3 aliphatic heterocycles. The Balaban J connectivity index is 1.29. The topological polar surface area (TPSA) is 72.4 Å². The van der Waals surface area contributed by atoms with Gasteiger partial charge in [0.05, 0.1) is 17.2 Å². The van der Waals surface area contributed by atoms with Gasteiger partial charge in [-0.25, -0.2) is 0 Å². The van der Waals surface area contributed by atoms with Crippen LogP contribution in [0, 0.1) is 11.3 Å². The van der Waals surface area contributed by atoms with E-state index >= 15 is 0 Å². The molecule has 3 saturated heterocycles. The Morgan fingerprint density at radius 1 is 1.00 bits per heavy atom. The first-order valence-electron chi connectivity index (χ1n) is 13.5. The summed E-state index contributed by atoms with van der Waals surface area (Å²) in [5, 5.41) is 10.3. The van der Waals surface area contributed by atoms with E-state index in [9.17, 15) is 10.1 Å². The molecule has 2 aromatic carbocycles. The number of hydrogen-bond acceptors (Lipinski definition) is 5. The lowest BCUT2D eigenvalue weighted by atomic mass is 9.64. The standard InChI is InChI=1S/C30H32N4O2/c31-19-20-3-5-24-26(17-20)32-29-27(24)28(35)23-6-4-22(18-25(23)30(29)9-15-36-16-10-30)34-13-7-21(8-14-34)33-11-1-2-12-33/h3-6,17-18,21,32H,1-2,7-16H2. The van der Waals surface area contributed by atoms with Crippen molar-refractivity contribution in [3.63, 3.8) is 0 Å². The zero-order valence-electron chi connectivity index (χ0n) is 20.7. The zero-order valence-corrected chi connectivity index (χ0v) is 20.7. The number of H-pyrrole nitrogens is 1. The Morgan fingerprint density at radius 3 is 2.53 bits per heavy atom. The van der Waals surface area contributed by atoms with Crippen LogP contribution in [-0.4, -0.2) is 61.1 Å². The maximum atomic E-state index is 13.9. The average molecular weight is 481 g/mol. The minimum absolute atomic E-state index is 0.0902. The second-order valence-electron chi connectivity index (χ2n) is 11.0. The van der Waals surface area contributed by atoms with Crippen molar-refractivity contribution >= 4 is 22.4 Å². The van der Waals surface area contributed by atoms with Crippen LogP contribution in [0.1, 0.15) is 71.3 Å². The van der Waals surface area contributed by atoms with Crippen LogP contribution in [0.5, 0.6) is 0 Å². The van der Waals surface area contributed by atoms with Crippen molar-refractivity contribution in [2.45, 2.75) is 50.0 Å². The van der Waals surface area contributed by atoms with Crippen molar-refractivity contribution in [2.24, 2.45) is 0 Å². The molecule has 1 N–H and O–H groups in total. The summed E-state index contributed by atoms with van der Waals surface area (Å²) in [5.41, 5.74) is 6.20. The van der Waals surface area contributed by atoms with Crippen molar-refractivity contribution < 1.29 is 9.53 Å². The lowest BCUT2D eigenvalue weighted by Gasteiger charge is -2.42. The molecule has 0 bridgehead atoms. The summed E-state index contributed by atoms with van der Waals surface area (Å²) in [6.45, 7) is 6.02. The molecule has 0 saturated carbocycles. The van der Waals surface area contributed by atoms with Gasteiger partial charge in [0, 0.05) is 65.6 Å². The molecule has 4 aliphatic rings. The first kappa shape index (κ1) is 22.1. The number of anilines is 1. The van der Waals surface area contributed by atoms with Gasteiger partial charge in [0.15, 0.2) is 5.78 Å². The number of fused-ring (bicyclic) bond motifs is 6. The van der Waals surface area contributed by atoms with Crippen LogP contribution in [0.15, 0.2) is 36.4 Å². The highest BCUT2D eigenvalue weighted by molar-refractivity contribution is 6.20. The Bertz CT molecular complexity index is 1380. The zero-order chi connectivity index (χ0) is 24.3. The number of benzene rings is 2. The Labute approximate surface area is 211 Å². The smallest absolute Gasteiger partial charge is 0.195 e. The van der Waals surface area contributed by atoms with E-state index in [4.69, 9.17) is 4.74 Å². The number of nitriles is 1. The summed E-state index contributed by atoms with van der Waals surface area (Å²) in [6, 6.07) is 15.1. The summed E-state index contributed by atoms with van der Waals surface area (Å²) < 4.78 is 5.81. The maximum Gasteiger partial charge on any atom is 0.195 e. The first-order valence-corrected chi connectivity index (χ1v) is 13.5. The summed E-state index contributed by atoms with van der Waals surface area (Å²) >= 11 is 0. The summed E-state index contributed by atoms with van der Waals surface area (Å²) in [5.74, 6) is 0.0902. The molecule has 6 heteroatoms. The van der Waals surface area contributed by atoms with E-state index in [2.05, 4.69) is 39.1 Å². The number of aromatic amines is 1. The fourth-order valence-electron chi connectivity index (χ4n) is 7.29. The molecule has 0 radical (unpaired) electrons. The van der Waals surface area contributed by atoms with E-state index in [0.717, 1.165) is 65.3 Å². The van der Waals surface area contributed by atoms with Gasteiger partial charge in [0.25, 0.3) is 0 Å². The monoisotopic (exact) mass is 480 g/mol. The summed E-state index contributed by atoms with van der Waals surface area (Å²) in [4.78, 5) is 22.7. The highest BCUT2D eigenvalue weighted by Crippen LogP contribution is 2.50. The van der Waals surface area contributed by atoms with Crippen LogP contribution in [0.25, 0.3) is 10.9 Å². The van der Waals surface area contributed by atoms with Crippen LogP contribution < -0.4 is 4.90 Å². The molecular weight excluding hydrogens is 448 g/mol. The molecule has 0 amide bonds. The van der Waals surface area contributed by atoms with Gasteiger partial charge in [-0.1, -0.05) is 6.07 Å². The van der Waals surface area contributed by atoms with E-state index < -0.39 is 0 Å². The molecule has 4 heterocycles. The third-order valence-corrected chi connectivity index (χ3v) is 9.23. The highest BCUT2D eigenvalue weighted by atomic mass is 16.5. The molecule has 3 fully saturated rings. The Hall–Kier alpha value is -3.14. The SMILES string of the molecule is N#Cc1ccc2c3c([nH]c2c1)C1(CCOCC1)c1cc(N2CCC(N4CCCC4)CC2)ccc1C3=O. The van der Waals surface area contributed by atoms with Gasteiger partial charge in [-0.05, 0) is 87.5 Å². The molecular formula is C30H32N4O2. The fraction of sp³-hybridized carbons (Fsp3) is 0.467. The van der Waals surface area contributed by atoms with Crippen molar-refractivity contribution in [1.29, 1.82) is 5.26 Å². The normalized spacial score (nSPS) is 22.1. The molecule has 36 heavy (non-hydrogen) atoms. The number of ketones is 1. The number of likely N-dealkylation sites (tertiary alicyclic amines) is 1. The molecule has 6 nitrogen and oxygen atoms in total. The van der Waals surface area contributed by atoms with Crippen LogP contribution >= 0.6 is 0 Å². The average Bonchev–Trinajstić information content (AvgIpc) is 3.61. The fourth-order valence-corrected chi connectivity index (χ4v) is 7.29. The number of carbonyl (C=O) groups is 1. The van der Waals surface area contributed by atoms with Gasteiger partial charge in [-0.3, -0.25) is 4.79 Å². The molecule has 0 atom stereocenters. The lowest BCUT2D eigenvalue weighted by Crippen LogP contribution is -2.44. The molecule has 1 aliphatic carbocycles. The van der Waals surface area contributed by atoms with Gasteiger partial charge >= 0.3 is 0 Å². The number of hydrogen-bond donors (Lipinski definition) is 1. The van der Waals surface area contributed by atoms with Crippen LogP contribution in [0.4, 0.5) is 5.69 Å². The molecule has 184 valence electrons. The number of aromatic nitrogens is 1. The Morgan fingerprint density at radius 2 is 1.78 bits per heavy atom. The number of piperidine rings is 1. The minimum atomic E-state index is -0.271. The van der Waals surface area contributed by atoms with Gasteiger partial charge in [-0.2, -0.15) is 5.26 Å². The molecule has 1 spiro atoms. The predicted octanol–water partition coefficient (Wildman–Crippen LogP) is 4.75. The van der Waals surface area contributed by atoms with Gasteiger partial charge in [0.2, 0.25) is 0 Å². The largest absolute Gasteiger partial charge is 0.381 e. The van der Waals surface area contributed by atoms with Crippen LogP contribution in [0.3, 0.4) is 0 Å². The van der Waals surface area contributed by atoms with E-state index in [1.54, 1.807) is 0 Å². The molecule has 1 aromatic heterocycles. The number of carbonyl (C=O) groups excluding carboxylic acids is 1. The number of nitrogens with one attached hydrogen (secondary N) is 1. The first-order chi connectivity index (χ1) is 17.7. The summed E-state index contributed by atoms with van der Waals surface area (Å²) in [7, 11) is 0. The van der Waals surface area contributed by atoms with Crippen LogP contribution in [0.2, 0.25) is 0 Å². The van der Waals surface area contributed by atoms with E-state index in [0.29, 0.717) is 18.8 Å². The quantitative estimate of drug-likeness (QED) is 0.573. The number of ether oxygens (including phenoxy) is 1. The number of rotatable bonds is 2. The van der Waals surface area contributed by atoms with Crippen molar-refractivity contribution in [1.82, 2.24) is 9.88 Å². The second kappa shape index (κ2) is 8.47. The van der Waals surface area contributed by atoms with Gasteiger partial charge < -0.3 is 19.5 Å². The highest BCUT2D eigenvalue weighted by Gasteiger charge is 2.47. The molecule has 0 unspecified atom stereocenters. The second-order valence-corrected chi connectivity index (χ2v) is 11.0. The minimum Gasteiger partial charge on any atom is -0.381 e. The Kier molecular flexibility index (Phi) is 5.20. The molecule has 7 rings (SSSR count).